The molecule has 136 valence electrons. The number of anilines is 1. The van der Waals surface area contributed by atoms with Gasteiger partial charge in [-0.25, -0.2) is 0 Å². The van der Waals surface area contributed by atoms with Crippen LogP contribution < -0.4 is 5.32 Å². The summed E-state index contributed by atoms with van der Waals surface area (Å²) >= 11 is 1.21. The summed E-state index contributed by atoms with van der Waals surface area (Å²) in [5.41, 5.74) is 1.86. The molecule has 1 atom stereocenters. The first-order chi connectivity index (χ1) is 12.5. The Morgan fingerprint density at radius 1 is 1.08 bits per heavy atom. The summed E-state index contributed by atoms with van der Waals surface area (Å²) in [5.74, 6) is -0.609. The van der Waals surface area contributed by atoms with Gasteiger partial charge in [-0.1, -0.05) is 42.5 Å². The summed E-state index contributed by atoms with van der Waals surface area (Å²) in [6.45, 7) is 3.52. The zero-order valence-electron chi connectivity index (χ0n) is 14.7. The lowest BCUT2D eigenvalue weighted by atomic mass is 10.1. The Labute approximate surface area is 157 Å². The lowest BCUT2D eigenvalue weighted by Crippen LogP contribution is -2.21. The van der Waals surface area contributed by atoms with Crippen LogP contribution in [0.4, 0.5) is 5.69 Å². The molecule has 0 unspecified atom stereocenters. The number of esters is 1. The summed E-state index contributed by atoms with van der Waals surface area (Å²) in [6.07, 6.45) is 0. The Balaban J connectivity index is 2.16. The predicted molar refractivity (Wildman–Crippen MR) is 103 cm³/mol. The Hall–Kier alpha value is -2.60. The molecule has 0 fully saturated rings. The largest absolute Gasteiger partial charge is 0.465 e. The molecule has 0 heterocycles. The zero-order chi connectivity index (χ0) is 18.9. The summed E-state index contributed by atoms with van der Waals surface area (Å²) in [6, 6.07) is 16.0. The van der Waals surface area contributed by atoms with Crippen molar-refractivity contribution in [3.8, 4) is 0 Å². The highest BCUT2D eigenvalue weighted by Gasteiger charge is 2.23. The molecule has 0 aliphatic carbocycles. The van der Waals surface area contributed by atoms with Crippen molar-refractivity contribution in [1.82, 2.24) is 0 Å². The van der Waals surface area contributed by atoms with Crippen molar-refractivity contribution >= 4 is 35.1 Å². The minimum absolute atomic E-state index is 0.0719. The number of hydrogen-bond donors (Lipinski definition) is 1. The minimum Gasteiger partial charge on any atom is -0.465 e. The quantitative estimate of drug-likeness (QED) is 0.563. The molecule has 0 saturated carbocycles. The molecular weight excluding hydrogens is 350 g/mol. The molecule has 0 spiro atoms. The van der Waals surface area contributed by atoms with Crippen molar-refractivity contribution in [2.75, 3.05) is 17.7 Å². The van der Waals surface area contributed by atoms with Gasteiger partial charge in [0.15, 0.2) is 5.78 Å². The van der Waals surface area contributed by atoms with Crippen LogP contribution in [0.5, 0.6) is 0 Å². The van der Waals surface area contributed by atoms with Crippen LogP contribution in [-0.4, -0.2) is 30.0 Å². The van der Waals surface area contributed by atoms with Gasteiger partial charge in [-0.05, 0) is 31.5 Å². The van der Waals surface area contributed by atoms with Gasteiger partial charge in [0.05, 0.1) is 12.4 Å². The molecule has 0 aliphatic heterocycles. The first-order valence-electron chi connectivity index (χ1n) is 8.25. The second kappa shape index (κ2) is 9.77. The Bertz CT molecular complexity index is 776. The van der Waals surface area contributed by atoms with Gasteiger partial charge in [0, 0.05) is 11.3 Å². The van der Waals surface area contributed by atoms with E-state index in [0.717, 1.165) is 5.56 Å². The third-order valence-corrected chi connectivity index (χ3v) is 4.77. The monoisotopic (exact) mass is 371 g/mol. The number of carbonyl (C=O) groups is 3. The summed E-state index contributed by atoms with van der Waals surface area (Å²) in [7, 11) is 0. The molecule has 26 heavy (non-hydrogen) atoms. The van der Waals surface area contributed by atoms with Gasteiger partial charge in [0.2, 0.25) is 5.91 Å². The Morgan fingerprint density at radius 3 is 2.46 bits per heavy atom. The second-order valence-corrected chi connectivity index (χ2v) is 6.63. The van der Waals surface area contributed by atoms with E-state index in [0.29, 0.717) is 17.9 Å². The minimum atomic E-state index is -0.568. The number of amides is 1. The molecule has 2 aromatic carbocycles. The lowest BCUT2D eigenvalue weighted by molar-refractivity contribution is -0.139. The van der Waals surface area contributed by atoms with Gasteiger partial charge >= 0.3 is 5.97 Å². The third kappa shape index (κ3) is 5.74. The number of ether oxygens (including phenoxy) is 1. The number of thioether (sulfide) groups is 1. The average Bonchev–Trinajstić information content (AvgIpc) is 2.63. The fourth-order valence-electron chi connectivity index (χ4n) is 2.33. The topological polar surface area (TPSA) is 72.5 Å². The van der Waals surface area contributed by atoms with Crippen molar-refractivity contribution in [2.24, 2.45) is 0 Å². The smallest absolute Gasteiger partial charge is 0.315 e. The molecule has 1 amide bonds. The van der Waals surface area contributed by atoms with E-state index < -0.39 is 5.25 Å². The normalized spacial score (nSPS) is 11.5. The highest BCUT2D eigenvalue weighted by molar-refractivity contribution is 8.00. The standard InChI is InChI=1S/C20H21NO4S/c1-3-25-18(23)13-26-19(15-8-5-4-6-9-15)20(24)21-17-11-7-10-16(12-17)14(2)22/h4-12,19H,3,13H2,1-2H3,(H,21,24)/t19-/m1/s1. The van der Waals surface area contributed by atoms with E-state index in [9.17, 15) is 14.4 Å². The lowest BCUT2D eigenvalue weighted by Gasteiger charge is -2.17. The maximum absolute atomic E-state index is 12.8. The summed E-state index contributed by atoms with van der Waals surface area (Å²) in [4.78, 5) is 36.0. The Kier molecular flexibility index (Phi) is 7.41. The molecule has 0 saturated heterocycles. The molecule has 5 nitrogen and oxygen atoms in total. The first-order valence-corrected chi connectivity index (χ1v) is 9.30. The molecule has 0 aromatic heterocycles. The van der Waals surface area contributed by atoms with Crippen LogP contribution in [0.3, 0.4) is 0 Å². The van der Waals surface area contributed by atoms with E-state index in [4.69, 9.17) is 4.74 Å². The number of nitrogens with one attached hydrogen (secondary N) is 1. The predicted octanol–water partition coefficient (Wildman–Crippen LogP) is 3.87. The maximum atomic E-state index is 12.8. The van der Waals surface area contributed by atoms with Gasteiger partial charge < -0.3 is 10.1 Å². The molecule has 1 N–H and O–H groups in total. The fourth-order valence-corrected chi connectivity index (χ4v) is 3.27. The van der Waals surface area contributed by atoms with E-state index in [2.05, 4.69) is 5.32 Å². The summed E-state index contributed by atoms with van der Waals surface area (Å²) in [5, 5.41) is 2.26. The van der Waals surface area contributed by atoms with Crippen molar-refractivity contribution in [3.05, 3.63) is 65.7 Å². The number of Topliss-reactive ketones (excluding diaryl/α,β-unsaturated/α-hetero) is 1. The number of hydrogen-bond acceptors (Lipinski definition) is 5. The number of benzene rings is 2. The van der Waals surface area contributed by atoms with Gasteiger partial charge in [0.1, 0.15) is 5.25 Å². The van der Waals surface area contributed by atoms with E-state index in [1.807, 2.05) is 30.3 Å². The van der Waals surface area contributed by atoms with Crippen molar-refractivity contribution < 1.29 is 19.1 Å². The number of carbonyl (C=O) groups excluding carboxylic acids is 3. The molecule has 2 aromatic rings. The van der Waals surface area contributed by atoms with Crippen LogP contribution in [0.2, 0.25) is 0 Å². The van der Waals surface area contributed by atoms with E-state index >= 15 is 0 Å². The third-order valence-electron chi connectivity index (χ3n) is 3.55. The van der Waals surface area contributed by atoms with Crippen LogP contribution in [0, 0.1) is 0 Å². The maximum Gasteiger partial charge on any atom is 0.315 e. The highest BCUT2D eigenvalue weighted by atomic mass is 32.2. The Morgan fingerprint density at radius 2 is 1.81 bits per heavy atom. The molecule has 0 bridgehead atoms. The van der Waals surface area contributed by atoms with Crippen LogP contribution in [-0.2, 0) is 14.3 Å². The zero-order valence-corrected chi connectivity index (χ0v) is 15.5. The average molecular weight is 371 g/mol. The molecule has 6 heteroatoms. The van der Waals surface area contributed by atoms with E-state index in [1.165, 1.54) is 18.7 Å². The van der Waals surface area contributed by atoms with Crippen molar-refractivity contribution in [2.45, 2.75) is 19.1 Å². The molecule has 2 rings (SSSR count). The highest BCUT2D eigenvalue weighted by Crippen LogP contribution is 2.30. The van der Waals surface area contributed by atoms with Crippen LogP contribution in [0.1, 0.15) is 35.0 Å². The molecule has 0 aliphatic rings. The van der Waals surface area contributed by atoms with Gasteiger partial charge in [0.25, 0.3) is 0 Å². The molecular formula is C20H21NO4S. The van der Waals surface area contributed by atoms with Gasteiger partial charge in [-0.2, -0.15) is 0 Å². The fraction of sp³-hybridized carbons (Fsp3) is 0.250. The van der Waals surface area contributed by atoms with Crippen molar-refractivity contribution in [1.29, 1.82) is 0 Å². The first kappa shape index (κ1) is 19.7. The number of ketones is 1. The second-order valence-electron chi connectivity index (χ2n) is 5.53. The van der Waals surface area contributed by atoms with Crippen LogP contribution in [0.25, 0.3) is 0 Å². The molecule has 0 radical (unpaired) electrons. The van der Waals surface area contributed by atoms with Crippen LogP contribution >= 0.6 is 11.8 Å². The summed E-state index contributed by atoms with van der Waals surface area (Å²) < 4.78 is 4.94. The van der Waals surface area contributed by atoms with Crippen molar-refractivity contribution in [3.63, 3.8) is 0 Å². The van der Waals surface area contributed by atoms with Gasteiger partial charge in [-0.3, -0.25) is 14.4 Å². The number of rotatable bonds is 8. The van der Waals surface area contributed by atoms with Crippen LogP contribution in [0.15, 0.2) is 54.6 Å². The van der Waals surface area contributed by atoms with E-state index in [-0.39, 0.29) is 23.4 Å². The van der Waals surface area contributed by atoms with Gasteiger partial charge in [-0.15, -0.1) is 11.8 Å². The SMILES string of the molecule is CCOC(=O)CS[C@@H](C(=O)Nc1cccc(C(C)=O)c1)c1ccccc1. The van der Waals surface area contributed by atoms with E-state index in [1.54, 1.807) is 31.2 Å².